The molecule has 0 bridgehead atoms. The molecule has 5 rings (SSSR count). The van der Waals surface area contributed by atoms with Crippen molar-refractivity contribution in [3.05, 3.63) is 61.7 Å². The van der Waals surface area contributed by atoms with Crippen molar-refractivity contribution < 1.29 is 0 Å². The Bertz CT molecular complexity index is 1210. The number of hydrogen-bond donors (Lipinski definition) is 0. The second-order valence-electron chi connectivity index (χ2n) is 6.66. The Morgan fingerprint density at radius 3 is 2.70 bits per heavy atom. The zero-order valence-corrected chi connectivity index (χ0v) is 17.7. The number of benzene rings is 1. The van der Waals surface area contributed by atoms with E-state index in [0.29, 0.717) is 5.65 Å². The van der Waals surface area contributed by atoms with Gasteiger partial charge >= 0.3 is 0 Å². The fraction of sp³-hybridized carbons (Fsp3) is 0.250. The van der Waals surface area contributed by atoms with E-state index in [2.05, 4.69) is 21.0 Å². The lowest BCUT2D eigenvalue weighted by Gasteiger charge is -2.05. The van der Waals surface area contributed by atoms with Gasteiger partial charge in [-0.25, -0.2) is 4.98 Å². The van der Waals surface area contributed by atoms with Gasteiger partial charge in [0.25, 0.3) is 5.56 Å². The Balaban J connectivity index is 1.64. The minimum absolute atomic E-state index is 0.0346. The highest BCUT2D eigenvalue weighted by Gasteiger charge is 2.20. The van der Waals surface area contributed by atoms with Crippen molar-refractivity contribution in [1.82, 2.24) is 14.6 Å². The number of rotatable bonds is 2. The molecule has 136 valence electrons. The lowest BCUT2D eigenvalue weighted by atomic mass is 10.1. The van der Waals surface area contributed by atoms with Gasteiger partial charge in [0.05, 0.1) is 5.39 Å². The maximum Gasteiger partial charge on any atom is 0.283 e. The minimum atomic E-state index is -0.0346. The second-order valence-corrected chi connectivity index (χ2v) is 9.75. The Labute approximate surface area is 172 Å². The van der Waals surface area contributed by atoms with Crippen LogP contribution in [0.25, 0.3) is 15.9 Å². The fourth-order valence-electron chi connectivity index (χ4n) is 3.55. The van der Waals surface area contributed by atoms with Crippen LogP contribution in [0.5, 0.6) is 0 Å². The molecule has 0 saturated carbocycles. The van der Waals surface area contributed by atoms with Gasteiger partial charge in [0.15, 0.2) is 5.65 Å². The van der Waals surface area contributed by atoms with Gasteiger partial charge in [0, 0.05) is 14.2 Å². The quantitative estimate of drug-likeness (QED) is 0.373. The van der Waals surface area contributed by atoms with Crippen LogP contribution in [0.2, 0.25) is 0 Å². The molecule has 0 spiro atoms. The molecule has 0 N–H and O–H groups in total. The van der Waals surface area contributed by atoms with E-state index in [1.165, 1.54) is 27.8 Å². The summed E-state index contributed by atoms with van der Waals surface area (Å²) in [4.78, 5) is 21.3. The molecule has 3 heterocycles. The molecule has 0 radical (unpaired) electrons. The molecule has 0 atom stereocenters. The van der Waals surface area contributed by atoms with E-state index in [4.69, 9.17) is 4.98 Å². The van der Waals surface area contributed by atoms with E-state index >= 15 is 0 Å². The molecular weight excluding hydrogens is 442 g/mol. The van der Waals surface area contributed by atoms with Gasteiger partial charge in [-0.1, -0.05) is 34.1 Å². The summed E-state index contributed by atoms with van der Waals surface area (Å²) in [5.74, 6) is 0. The molecule has 1 aromatic carbocycles. The van der Waals surface area contributed by atoms with Crippen LogP contribution in [-0.2, 0) is 12.8 Å². The van der Waals surface area contributed by atoms with Crippen LogP contribution in [-0.4, -0.2) is 14.6 Å². The normalized spacial score (nSPS) is 14.4. The van der Waals surface area contributed by atoms with Gasteiger partial charge in [-0.2, -0.15) is 9.61 Å². The van der Waals surface area contributed by atoms with Crippen molar-refractivity contribution in [2.75, 3.05) is 0 Å². The van der Waals surface area contributed by atoms with Crippen LogP contribution in [0.3, 0.4) is 0 Å². The molecule has 1 aliphatic carbocycles. The lowest BCUT2D eigenvalue weighted by molar-refractivity contribution is 0.713. The first-order chi connectivity index (χ1) is 13.2. The number of halogens is 1. The third-order valence-corrected chi connectivity index (χ3v) is 7.50. The third-order valence-electron chi connectivity index (χ3n) is 4.85. The average molecular weight is 458 g/mol. The van der Waals surface area contributed by atoms with Gasteiger partial charge in [0.1, 0.15) is 9.86 Å². The largest absolute Gasteiger partial charge is 0.283 e. The van der Waals surface area contributed by atoms with Crippen molar-refractivity contribution in [2.45, 2.75) is 42.0 Å². The highest BCUT2D eigenvalue weighted by atomic mass is 79.9. The van der Waals surface area contributed by atoms with Crippen LogP contribution < -0.4 is 5.56 Å². The first-order valence-electron chi connectivity index (χ1n) is 8.97. The highest BCUT2D eigenvalue weighted by Crippen LogP contribution is 2.33. The summed E-state index contributed by atoms with van der Waals surface area (Å²) in [5, 5.41) is 6.16. The number of aryl methyl sites for hydroxylation is 2. The van der Waals surface area contributed by atoms with Crippen molar-refractivity contribution >= 4 is 54.9 Å². The van der Waals surface area contributed by atoms with E-state index < -0.39 is 0 Å². The predicted octanol–water partition coefficient (Wildman–Crippen LogP) is 5.49. The van der Waals surface area contributed by atoms with E-state index in [1.807, 2.05) is 36.4 Å². The van der Waals surface area contributed by atoms with Gasteiger partial charge in [-0.05, 0) is 67.6 Å². The maximum atomic E-state index is 13.2. The highest BCUT2D eigenvalue weighted by molar-refractivity contribution is 9.10. The van der Waals surface area contributed by atoms with Gasteiger partial charge in [-0.15, -0.1) is 11.3 Å². The zero-order valence-electron chi connectivity index (χ0n) is 14.4. The van der Waals surface area contributed by atoms with Crippen LogP contribution in [0.4, 0.5) is 0 Å². The summed E-state index contributed by atoms with van der Waals surface area (Å²) in [6, 6.07) is 11.9. The monoisotopic (exact) mass is 457 g/mol. The summed E-state index contributed by atoms with van der Waals surface area (Å²) >= 11 is 6.68. The standard InChI is InChI=1S/C20H16BrN3OS2/c21-12-6-8-13(9-7-12)26-17-11-10-16-22-19-18(20(25)24(16)23-17)14-4-2-1-3-5-15(14)27-19/h6-11H,1-5H2. The molecule has 0 amide bonds. The van der Waals surface area contributed by atoms with Gasteiger partial charge in [-0.3, -0.25) is 4.79 Å². The summed E-state index contributed by atoms with van der Waals surface area (Å²) in [7, 11) is 0. The molecule has 0 saturated heterocycles. The molecule has 0 aliphatic heterocycles. The molecule has 3 aromatic heterocycles. The number of hydrogen-bond acceptors (Lipinski definition) is 5. The molecule has 1 aliphatic rings. The average Bonchev–Trinajstić information content (AvgIpc) is 2.86. The van der Waals surface area contributed by atoms with Gasteiger partial charge in [0.2, 0.25) is 0 Å². The van der Waals surface area contributed by atoms with Crippen molar-refractivity contribution in [3.8, 4) is 0 Å². The first kappa shape index (κ1) is 17.4. The van der Waals surface area contributed by atoms with Crippen LogP contribution in [0.15, 0.2) is 55.6 Å². The topological polar surface area (TPSA) is 47.3 Å². The van der Waals surface area contributed by atoms with Crippen molar-refractivity contribution in [3.63, 3.8) is 0 Å². The van der Waals surface area contributed by atoms with Crippen molar-refractivity contribution in [1.29, 1.82) is 0 Å². The predicted molar refractivity (Wildman–Crippen MR) is 114 cm³/mol. The summed E-state index contributed by atoms with van der Waals surface area (Å²) in [6.07, 6.45) is 5.62. The Morgan fingerprint density at radius 2 is 1.85 bits per heavy atom. The lowest BCUT2D eigenvalue weighted by Crippen LogP contribution is -2.18. The van der Waals surface area contributed by atoms with Crippen LogP contribution >= 0.6 is 39.0 Å². The number of aromatic nitrogens is 3. The Kier molecular flexibility index (Phi) is 4.53. The zero-order chi connectivity index (χ0) is 18.4. The Hall–Kier alpha value is -1.70. The summed E-state index contributed by atoms with van der Waals surface area (Å²) < 4.78 is 2.51. The fourth-order valence-corrected chi connectivity index (χ4v) is 5.84. The third kappa shape index (κ3) is 3.22. The van der Waals surface area contributed by atoms with E-state index in [0.717, 1.165) is 43.9 Å². The van der Waals surface area contributed by atoms with Crippen molar-refractivity contribution in [2.24, 2.45) is 0 Å². The first-order valence-corrected chi connectivity index (χ1v) is 11.4. The molecule has 7 heteroatoms. The molecule has 0 unspecified atom stereocenters. The molecule has 4 aromatic rings. The second kappa shape index (κ2) is 7.04. The SMILES string of the molecule is O=c1c2c3c(sc2nc2ccc(Sc4ccc(Br)cc4)nn12)CCCCC3. The summed E-state index contributed by atoms with van der Waals surface area (Å²) in [6.45, 7) is 0. The molecule has 27 heavy (non-hydrogen) atoms. The maximum absolute atomic E-state index is 13.2. The summed E-state index contributed by atoms with van der Waals surface area (Å²) in [5.41, 5.74) is 1.80. The number of thiophene rings is 1. The minimum Gasteiger partial charge on any atom is -0.267 e. The van der Waals surface area contributed by atoms with E-state index in [-0.39, 0.29) is 5.56 Å². The van der Waals surface area contributed by atoms with E-state index in [9.17, 15) is 4.79 Å². The van der Waals surface area contributed by atoms with E-state index in [1.54, 1.807) is 23.1 Å². The molecule has 4 nitrogen and oxygen atoms in total. The molecular formula is C20H16BrN3OS2. The van der Waals surface area contributed by atoms with Crippen LogP contribution in [0, 0.1) is 0 Å². The smallest absolute Gasteiger partial charge is 0.267 e. The number of fused-ring (bicyclic) bond motifs is 4. The number of nitrogens with zero attached hydrogens (tertiary/aromatic N) is 3. The Morgan fingerprint density at radius 1 is 1.04 bits per heavy atom. The van der Waals surface area contributed by atoms with Crippen LogP contribution in [0.1, 0.15) is 29.7 Å². The molecule has 0 fully saturated rings. The van der Waals surface area contributed by atoms with Gasteiger partial charge < -0.3 is 0 Å².